The number of nitrogens with one attached hydrogen (secondary N) is 1. The molecule has 0 fully saturated rings. The van der Waals surface area contributed by atoms with Crippen molar-refractivity contribution in [2.24, 2.45) is 5.11 Å². The summed E-state index contributed by atoms with van der Waals surface area (Å²) in [7, 11) is 0. The van der Waals surface area contributed by atoms with Crippen LogP contribution in [0.2, 0.25) is 0 Å². The molecule has 7 nitrogen and oxygen atoms in total. The highest BCUT2D eigenvalue weighted by Crippen LogP contribution is 1.85. The molecule has 0 bridgehead atoms. The van der Waals surface area contributed by atoms with Crippen LogP contribution >= 0.6 is 0 Å². The molecule has 0 aliphatic heterocycles. The Morgan fingerprint density at radius 1 is 1.85 bits per heavy atom. The number of ether oxygens (including phenoxy) is 1. The van der Waals surface area contributed by atoms with Crippen LogP contribution in [0.25, 0.3) is 10.4 Å². The summed E-state index contributed by atoms with van der Waals surface area (Å²) in [5.41, 5.74) is 7.91. The topological polar surface area (TPSA) is 107 Å². The van der Waals surface area contributed by atoms with Crippen LogP contribution in [0, 0.1) is 0 Å². The van der Waals surface area contributed by atoms with Gasteiger partial charge in [-0.15, -0.1) is 0 Å². The van der Waals surface area contributed by atoms with Gasteiger partial charge in [0.1, 0.15) is 0 Å². The predicted molar refractivity (Wildman–Crippen MR) is 45.5 cm³/mol. The first-order valence-electron chi connectivity index (χ1n) is 3.75. The molecule has 0 aliphatic rings. The molecule has 0 aromatic carbocycles. The molecule has 2 N–H and O–H groups in total. The fraction of sp³-hybridized carbons (Fsp3) is 0.833. The second kappa shape index (κ2) is 7.20. The lowest BCUT2D eigenvalue weighted by molar-refractivity contribution is 0.118. The minimum absolute atomic E-state index is 0.260. The zero-order valence-corrected chi connectivity index (χ0v) is 7.30. The largest absolute Gasteiger partial charge is 0.465 e. The number of rotatable bonds is 6. The Hall–Kier alpha value is -1.46. The molecule has 0 spiro atoms. The van der Waals surface area contributed by atoms with Crippen LogP contribution < -0.4 is 5.32 Å². The Balaban J connectivity index is 3.31. The number of carbonyl (C=O) groups is 1. The van der Waals surface area contributed by atoms with Crippen LogP contribution in [0.1, 0.15) is 6.92 Å². The second-order valence-electron chi connectivity index (χ2n) is 2.38. The van der Waals surface area contributed by atoms with E-state index in [1.54, 1.807) is 6.92 Å². The standard InChI is InChI=1S/C6H12N4O3/c1-5(9-6(11)12)4-13-3-2-8-10-7/h5,9H,2-4H2,1H3,(H,11,12)/t5-/m1/s1. The molecular formula is C6H12N4O3. The van der Waals surface area contributed by atoms with Crippen LogP contribution in [-0.4, -0.2) is 37.0 Å². The summed E-state index contributed by atoms with van der Waals surface area (Å²) in [5, 5.41) is 13.8. The molecule has 0 aromatic rings. The number of nitrogens with zero attached hydrogens (tertiary/aromatic N) is 3. The molecule has 0 aliphatic carbocycles. The van der Waals surface area contributed by atoms with Crippen LogP contribution in [0.3, 0.4) is 0 Å². The maximum Gasteiger partial charge on any atom is 0.404 e. The van der Waals surface area contributed by atoms with Crippen molar-refractivity contribution in [3.63, 3.8) is 0 Å². The van der Waals surface area contributed by atoms with Gasteiger partial charge < -0.3 is 15.2 Å². The van der Waals surface area contributed by atoms with Crippen molar-refractivity contribution in [1.29, 1.82) is 0 Å². The number of hydrogen-bond donors (Lipinski definition) is 2. The van der Waals surface area contributed by atoms with E-state index in [0.29, 0.717) is 6.61 Å². The van der Waals surface area contributed by atoms with E-state index in [0.717, 1.165) is 0 Å². The first kappa shape index (κ1) is 11.5. The molecule has 0 rings (SSSR count). The van der Waals surface area contributed by atoms with Crippen LogP contribution in [0.4, 0.5) is 4.79 Å². The molecule has 0 saturated heterocycles. The summed E-state index contributed by atoms with van der Waals surface area (Å²) in [6, 6.07) is -0.261. The Labute approximate surface area is 75.3 Å². The van der Waals surface area contributed by atoms with Crippen molar-refractivity contribution in [1.82, 2.24) is 5.32 Å². The van der Waals surface area contributed by atoms with Gasteiger partial charge in [-0.25, -0.2) is 4.79 Å². The van der Waals surface area contributed by atoms with Crippen LogP contribution in [0.15, 0.2) is 5.11 Å². The lowest BCUT2D eigenvalue weighted by Gasteiger charge is -2.10. The summed E-state index contributed by atoms with van der Waals surface area (Å²) >= 11 is 0. The normalized spacial score (nSPS) is 11.5. The molecule has 0 saturated carbocycles. The van der Waals surface area contributed by atoms with Gasteiger partial charge in [0, 0.05) is 11.5 Å². The quantitative estimate of drug-likeness (QED) is 0.280. The highest BCUT2D eigenvalue weighted by Gasteiger charge is 2.03. The maximum absolute atomic E-state index is 10.1. The number of carboxylic acid groups (broad SMARTS) is 1. The third-order valence-corrected chi connectivity index (χ3v) is 1.14. The maximum atomic E-state index is 10.1. The van der Waals surface area contributed by atoms with Crippen molar-refractivity contribution in [3.05, 3.63) is 10.4 Å². The van der Waals surface area contributed by atoms with Gasteiger partial charge in [-0.3, -0.25) is 0 Å². The van der Waals surface area contributed by atoms with E-state index < -0.39 is 6.09 Å². The van der Waals surface area contributed by atoms with E-state index in [4.69, 9.17) is 15.4 Å². The number of hydrogen-bond acceptors (Lipinski definition) is 3. The monoisotopic (exact) mass is 188 g/mol. The van der Waals surface area contributed by atoms with Crippen molar-refractivity contribution in [3.8, 4) is 0 Å². The summed E-state index contributed by atoms with van der Waals surface area (Å²) in [6.45, 7) is 2.51. The summed E-state index contributed by atoms with van der Waals surface area (Å²) < 4.78 is 5.01. The average Bonchev–Trinajstić information content (AvgIpc) is 2.02. The Bertz CT molecular complexity index is 202. The molecule has 1 amide bonds. The minimum Gasteiger partial charge on any atom is -0.465 e. The lowest BCUT2D eigenvalue weighted by atomic mass is 10.4. The zero-order valence-electron chi connectivity index (χ0n) is 7.30. The Morgan fingerprint density at radius 3 is 3.08 bits per heavy atom. The molecular weight excluding hydrogens is 176 g/mol. The third-order valence-electron chi connectivity index (χ3n) is 1.14. The smallest absolute Gasteiger partial charge is 0.404 e. The van der Waals surface area contributed by atoms with Gasteiger partial charge in [0.05, 0.1) is 19.3 Å². The Kier molecular flexibility index (Phi) is 6.39. The highest BCUT2D eigenvalue weighted by molar-refractivity contribution is 5.64. The summed E-state index contributed by atoms with van der Waals surface area (Å²) in [5.74, 6) is 0. The van der Waals surface area contributed by atoms with Crippen LogP contribution in [-0.2, 0) is 4.74 Å². The second-order valence-corrected chi connectivity index (χ2v) is 2.38. The summed E-state index contributed by atoms with van der Waals surface area (Å²) in [6.07, 6.45) is -1.08. The SMILES string of the molecule is C[C@H](COCCN=[N+]=[N-])NC(=O)O. The number of amides is 1. The van der Waals surface area contributed by atoms with E-state index in [2.05, 4.69) is 15.3 Å². The fourth-order valence-corrected chi connectivity index (χ4v) is 0.663. The van der Waals surface area contributed by atoms with Crippen molar-refractivity contribution in [2.45, 2.75) is 13.0 Å². The molecule has 74 valence electrons. The van der Waals surface area contributed by atoms with E-state index >= 15 is 0 Å². The van der Waals surface area contributed by atoms with Crippen molar-refractivity contribution >= 4 is 6.09 Å². The Morgan fingerprint density at radius 2 is 2.54 bits per heavy atom. The van der Waals surface area contributed by atoms with E-state index in [1.165, 1.54) is 0 Å². The molecule has 13 heavy (non-hydrogen) atoms. The van der Waals surface area contributed by atoms with Gasteiger partial charge in [-0.05, 0) is 12.5 Å². The zero-order chi connectivity index (χ0) is 10.1. The fourth-order valence-electron chi connectivity index (χ4n) is 0.663. The van der Waals surface area contributed by atoms with Gasteiger partial charge in [0.25, 0.3) is 0 Å². The van der Waals surface area contributed by atoms with E-state index in [-0.39, 0.29) is 19.2 Å². The lowest BCUT2D eigenvalue weighted by Crippen LogP contribution is -2.34. The molecule has 0 heterocycles. The van der Waals surface area contributed by atoms with Gasteiger partial charge in [0.15, 0.2) is 0 Å². The van der Waals surface area contributed by atoms with E-state index in [1.807, 2.05) is 0 Å². The molecule has 7 heteroatoms. The highest BCUT2D eigenvalue weighted by atomic mass is 16.5. The molecule has 1 atom stereocenters. The van der Waals surface area contributed by atoms with Gasteiger partial charge in [-0.1, -0.05) is 5.11 Å². The van der Waals surface area contributed by atoms with E-state index in [9.17, 15) is 4.79 Å². The first-order valence-corrected chi connectivity index (χ1v) is 3.75. The van der Waals surface area contributed by atoms with Crippen LogP contribution in [0.5, 0.6) is 0 Å². The predicted octanol–water partition coefficient (Wildman–Crippen LogP) is 0.969. The summed E-state index contributed by atoms with van der Waals surface area (Å²) in [4.78, 5) is 12.6. The van der Waals surface area contributed by atoms with Crippen molar-refractivity contribution < 1.29 is 14.6 Å². The first-order chi connectivity index (χ1) is 6.16. The third kappa shape index (κ3) is 8.45. The van der Waals surface area contributed by atoms with Gasteiger partial charge >= 0.3 is 6.09 Å². The molecule has 0 unspecified atom stereocenters. The van der Waals surface area contributed by atoms with Crippen molar-refractivity contribution in [2.75, 3.05) is 19.8 Å². The molecule has 0 radical (unpaired) electrons. The molecule has 0 aromatic heterocycles. The minimum atomic E-state index is -1.08. The average molecular weight is 188 g/mol. The number of azide groups is 1. The van der Waals surface area contributed by atoms with Gasteiger partial charge in [-0.2, -0.15) is 0 Å². The van der Waals surface area contributed by atoms with Gasteiger partial charge in [0.2, 0.25) is 0 Å².